The van der Waals surface area contributed by atoms with Gasteiger partial charge in [0.2, 0.25) is 0 Å². The molecule has 0 atom stereocenters. The number of anilines is 1. The fourth-order valence-corrected chi connectivity index (χ4v) is 1.73. The maximum Gasteiger partial charge on any atom is 0.292 e. The Bertz CT molecular complexity index is 613. The first kappa shape index (κ1) is 14.1. The van der Waals surface area contributed by atoms with E-state index in [-0.39, 0.29) is 10.8 Å². The molecule has 6 heteroatoms. The van der Waals surface area contributed by atoms with Crippen LogP contribution in [0.4, 0.5) is 5.69 Å². The number of carbonyl (C=O) groups excluding carboxylic acids is 1. The number of nitrogens with zero attached hydrogens (tertiary/aromatic N) is 2. The fraction of sp³-hybridized carbons (Fsp3) is 0.0714. The Hall–Kier alpha value is -2.31. The molecule has 1 heterocycles. The number of hydrogen-bond donors (Lipinski definition) is 2. The minimum absolute atomic E-state index is 0.115. The predicted molar refractivity (Wildman–Crippen MR) is 82.0 cm³/mol. The SMILES string of the molecule is Cc1ccc(NC(=S)N(N)C(=O)c2ccccn2)cc1. The second-order valence-electron chi connectivity index (χ2n) is 4.19. The topological polar surface area (TPSA) is 71.2 Å². The molecule has 20 heavy (non-hydrogen) atoms. The van der Waals surface area contributed by atoms with Crippen molar-refractivity contribution in [1.82, 2.24) is 9.99 Å². The van der Waals surface area contributed by atoms with E-state index in [0.717, 1.165) is 16.3 Å². The minimum atomic E-state index is -0.463. The van der Waals surface area contributed by atoms with E-state index < -0.39 is 5.91 Å². The molecule has 0 radical (unpaired) electrons. The first-order chi connectivity index (χ1) is 9.58. The second kappa shape index (κ2) is 6.23. The van der Waals surface area contributed by atoms with Crippen LogP contribution < -0.4 is 11.2 Å². The number of hydrogen-bond acceptors (Lipinski definition) is 4. The molecular weight excluding hydrogens is 272 g/mol. The number of amides is 1. The van der Waals surface area contributed by atoms with Gasteiger partial charge in [0, 0.05) is 11.9 Å². The molecule has 0 fully saturated rings. The zero-order chi connectivity index (χ0) is 14.5. The molecule has 0 aliphatic heterocycles. The zero-order valence-electron chi connectivity index (χ0n) is 10.9. The summed E-state index contributed by atoms with van der Waals surface area (Å²) in [5.41, 5.74) is 2.14. The summed E-state index contributed by atoms with van der Waals surface area (Å²) in [6, 6.07) is 12.6. The summed E-state index contributed by atoms with van der Waals surface area (Å²) in [7, 11) is 0. The van der Waals surface area contributed by atoms with E-state index in [2.05, 4.69) is 10.3 Å². The smallest absolute Gasteiger partial charge is 0.292 e. The van der Waals surface area contributed by atoms with Gasteiger partial charge in [-0.25, -0.2) is 10.9 Å². The Labute approximate surface area is 122 Å². The predicted octanol–water partition coefficient (Wildman–Crippen LogP) is 2.10. The van der Waals surface area contributed by atoms with Crippen LogP contribution >= 0.6 is 12.2 Å². The van der Waals surface area contributed by atoms with Crippen molar-refractivity contribution in [3.8, 4) is 0 Å². The van der Waals surface area contributed by atoms with Crippen molar-refractivity contribution < 1.29 is 4.79 Å². The summed E-state index contributed by atoms with van der Waals surface area (Å²) in [6.07, 6.45) is 1.53. The highest BCUT2D eigenvalue weighted by molar-refractivity contribution is 7.80. The van der Waals surface area contributed by atoms with Crippen LogP contribution in [-0.2, 0) is 0 Å². The summed E-state index contributed by atoms with van der Waals surface area (Å²) in [6.45, 7) is 1.99. The van der Waals surface area contributed by atoms with Crippen LogP contribution in [0.1, 0.15) is 16.1 Å². The van der Waals surface area contributed by atoms with Crippen LogP contribution in [0.25, 0.3) is 0 Å². The average molecular weight is 286 g/mol. The maximum atomic E-state index is 12.0. The normalized spacial score (nSPS) is 9.90. The molecule has 102 valence electrons. The molecule has 0 aliphatic rings. The van der Waals surface area contributed by atoms with E-state index in [1.165, 1.54) is 6.20 Å². The van der Waals surface area contributed by atoms with Gasteiger partial charge in [-0.2, -0.15) is 0 Å². The third kappa shape index (κ3) is 3.37. The number of rotatable bonds is 2. The van der Waals surface area contributed by atoms with Crippen LogP contribution in [0.2, 0.25) is 0 Å². The summed E-state index contributed by atoms with van der Waals surface area (Å²) >= 11 is 5.11. The lowest BCUT2D eigenvalue weighted by Gasteiger charge is -2.18. The first-order valence-corrected chi connectivity index (χ1v) is 6.36. The molecule has 3 N–H and O–H groups in total. The molecule has 0 saturated heterocycles. The number of nitrogens with two attached hydrogens (primary N) is 1. The van der Waals surface area contributed by atoms with Crippen molar-refractivity contribution in [2.24, 2.45) is 5.84 Å². The summed E-state index contributed by atoms with van der Waals surface area (Å²) < 4.78 is 0. The summed E-state index contributed by atoms with van der Waals surface area (Å²) in [4.78, 5) is 16.0. The standard InChI is InChI=1S/C14H14N4OS/c1-10-5-7-11(8-6-10)17-14(20)18(15)13(19)12-4-2-3-9-16-12/h2-9H,15H2,1H3,(H,17,20). The van der Waals surface area contributed by atoms with Gasteiger partial charge in [0.1, 0.15) is 5.69 Å². The van der Waals surface area contributed by atoms with E-state index in [9.17, 15) is 4.79 Å². The van der Waals surface area contributed by atoms with Crippen molar-refractivity contribution in [2.75, 3.05) is 5.32 Å². The highest BCUT2D eigenvalue weighted by atomic mass is 32.1. The average Bonchev–Trinajstić information content (AvgIpc) is 2.49. The highest BCUT2D eigenvalue weighted by Crippen LogP contribution is 2.09. The number of carbonyl (C=O) groups is 1. The van der Waals surface area contributed by atoms with Gasteiger partial charge < -0.3 is 5.32 Å². The van der Waals surface area contributed by atoms with Gasteiger partial charge in [-0.3, -0.25) is 9.78 Å². The minimum Gasteiger partial charge on any atom is -0.331 e. The van der Waals surface area contributed by atoms with Crippen LogP contribution in [0.15, 0.2) is 48.7 Å². The molecule has 0 aliphatic carbocycles. The maximum absolute atomic E-state index is 12.0. The third-order valence-electron chi connectivity index (χ3n) is 2.62. The van der Waals surface area contributed by atoms with E-state index in [4.69, 9.17) is 18.1 Å². The zero-order valence-corrected chi connectivity index (χ0v) is 11.7. The number of aromatic nitrogens is 1. The van der Waals surface area contributed by atoms with Gasteiger partial charge in [-0.1, -0.05) is 23.8 Å². The van der Waals surface area contributed by atoms with Gasteiger partial charge in [0.15, 0.2) is 5.11 Å². The van der Waals surface area contributed by atoms with Crippen molar-refractivity contribution >= 4 is 28.9 Å². The lowest BCUT2D eigenvalue weighted by molar-refractivity contribution is 0.0844. The van der Waals surface area contributed by atoms with Crippen LogP contribution in [0, 0.1) is 6.92 Å². The van der Waals surface area contributed by atoms with Crippen LogP contribution in [0.5, 0.6) is 0 Å². The van der Waals surface area contributed by atoms with Crippen molar-refractivity contribution in [1.29, 1.82) is 0 Å². The molecule has 2 aromatic rings. The van der Waals surface area contributed by atoms with E-state index in [1.54, 1.807) is 18.2 Å². The summed E-state index contributed by atoms with van der Waals surface area (Å²) in [5, 5.41) is 3.89. The molecule has 0 bridgehead atoms. The van der Waals surface area contributed by atoms with Gasteiger partial charge >= 0.3 is 0 Å². The van der Waals surface area contributed by atoms with Gasteiger partial charge in [-0.15, -0.1) is 0 Å². The Morgan fingerprint density at radius 1 is 1.25 bits per heavy atom. The number of nitrogens with one attached hydrogen (secondary N) is 1. The molecule has 1 aromatic heterocycles. The van der Waals surface area contributed by atoms with Crippen LogP contribution in [-0.4, -0.2) is 21.0 Å². The van der Waals surface area contributed by atoms with E-state index >= 15 is 0 Å². The van der Waals surface area contributed by atoms with Gasteiger partial charge in [-0.05, 0) is 43.4 Å². The number of hydrazine groups is 1. The number of benzene rings is 1. The molecule has 0 saturated carbocycles. The van der Waals surface area contributed by atoms with Crippen molar-refractivity contribution in [3.05, 3.63) is 59.9 Å². The third-order valence-corrected chi connectivity index (χ3v) is 2.92. The number of pyridine rings is 1. The molecule has 5 nitrogen and oxygen atoms in total. The monoisotopic (exact) mass is 286 g/mol. The lowest BCUT2D eigenvalue weighted by atomic mass is 10.2. The van der Waals surface area contributed by atoms with Gasteiger partial charge in [0.25, 0.3) is 5.91 Å². The van der Waals surface area contributed by atoms with Crippen molar-refractivity contribution in [3.63, 3.8) is 0 Å². The molecule has 2 rings (SSSR count). The molecule has 1 amide bonds. The Morgan fingerprint density at radius 2 is 1.95 bits per heavy atom. The quantitative estimate of drug-likeness (QED) is 0.383. The van der Waals surface area contributed by atoms with Crippen molar-refractivity contribution in [2.45, 2.75) is 6.92 Å². The van der Waals surface area contributed by atoms with Gasteiger partial charge in [0.05, 0.1) is 0 Å². The molecular formula is C14H14N4OS. The van der Waals surface area contributed by atoms with E-state index in [0.29, 0.717) is 0 Å². The largest absolute Gasteiger partial charge is 0.331 e. The Morgan fingerprint density at radius 3 is 2.55 bits per heavy atom. The Balaban J connectivity index is 2.05. The lowest BCUT2D eigenvalue weighted by Crippen LogP contribution is -2.45. The summed E-state index contributed by atoms with van der Waals surface area (Å²) in [5.74, 6) is 5.25. The molecule has 0 unspecified atom stereocenters. The fourth-order valence-electron chi connectivity index (χ4n) is 1.53. The second-order valence-corrected chi connectivity index (χ2v) is 4.57. The highest BCUT2D eigenvalue weighted by Gasteiger charge is 2.17. The number of thiocarbonyl (C=S) groups is 1. The molecule has 0 spiro atoms. The Kier molecular flexibility index (Phi) is 4.39. The first-order valence-electron chi connectivity index (χ1n) is 5.96. The van der Waals surface area contributed by atoms with Crippen LogP contribution in [0.3, 0.4) is 0 Å². The van der Waals surface area contributed by atoms with E-state index in [1.807, 2.05) is 31.2 Å². The number of aryl methyl sites for hydroxylation is 1. The molecule has 1 aromatic carbocycles.